The largest absolute Gasteiger partial charge is 0.496 e. The van der Waals surface area contributed by atoms with E-state index < -0.39 is 28.5 Å². The number of halogens is 1. The molecule has 2 unspecified atom stereocenters. The number of nitrogens with zero attached hydrogens (tertiary/aromatic N) is 2. The van der Waals surface area contributed by atoms with Crippen molar-refractivity contribution >= 4 is 43.5 Å². The van der Waals surface area contributed by atoms with Crippen molar-refractivity contribution < 1.29 is 22.7 Å². The van der Waals surface area contributed by atoms with Gasteiger partial charge in [-0.25, -0.2) is 8.42 Å². The van der Waals surface area contributed by atoms with Gasteiger partial charge >= 0.3 is 0 Å². The number of hydrogen-bond donors (Lipinski definition) is 1. The fourth-order valence-electron chi connectivity index (χ4n) is 5.14. The Morgan fingerprint density at radius 3 is 2.19 bits per heavy atom. The maximum Gasteiger partial charge on any atom is 0.264 e. The van der Waals surface area contributed by atoms with Crippen LogP contribution in [0.4, 0.5) is 5.69 Å². The van der Waals surface area contributed by atoms with Gasteiger partial charge < -0.3 is 15.0 Å². The summed E-state index contributed by atoms with van der Waals surface area (Å²) in [6.45, 7) is 7.35. The van der Waals surface area contributed by atoms with E-state index in [4.69, 9.17) is 4.74 Å². The zero-order valence-corrected chi connectivity index (χ0v) is 29.8. The maximum atomic E-state index is 14.7. The summed E-state index contributed by atoms with van der Waals surface area (Å²) in [4.78, 5) is 30.2. The molecule has 0 aliphatic rings. The molecule has 4 rings (SSSR count). The molecule has 0 aromatic heterocycles. The lowest BCUT2D eigenvalue weighted by molar-refractivity contribution is -0.140. The Kier molecular flexibility index (Phi) is 12.2. The monoisotopic (exact) mass is 719 g/mol. The minimum atomic E-state index is -4.25. The first-order valence-electron chi connectivity index (χ1n) is 15.6. The van der Waals surface area contributed by atoms with Crippen LogP contribution in [0.2, 0.25) is 0 Å². The first-order chi connectivity index (χ1) is 22.4. The molecular formula is C37H42BrN3O5S. The van der Waals surface area contributed by atoms with Gasteiger partial charge in [0.25, 0.3) is 10.0 Å². The maximum absolute atomic E-state index is 14.7. The number of benzene rings is 4. The van der Waals surface area contributed by atoms with E-state index >= 15 is 0 Å². The predicted octanol–water partition coefficient (Wildman–Crippen LogP) is 6.82. The molecule has 4 aromatic carbocycles. The summed E-state index contributed by atoms with van der Waals surface area (Å²) in [5.41, 5.74) is 3.97. The van der Waals surface area contributed by atoms with Crippen LogP contribution >= 0.6 is 15.9 Å². The molecule has 2 atom stereocenters. The Balaban J connectivity index is 1.83. The average Bonchev–Trinajstić information content (AvgIpc) is 3.06. The third-order valence-corrected chi connectivity index (χ3v) is 10.6. The molecule has 8 nitrogen and oxygen atoms in total. The Bertz CT molecular complexity index is 1780. The number of aryl methyl sites for hydroxylation is 2. The van der Waals surface area contributed by atoms with Gasteiger partial charge in [-0.1, -0.05) is 79.2 Å². The highest BCUT2D eigenvalue weighted by molar-refractivity contribution is 9.10. The van der Waals surface area contributed by atoms with E-state index in [1.165, 1.54) is 24.1 Å². The first-order valence-corrected chi connectivity index (χ1v) is 17.8. The van der Waals surface area contributed by atoms with Crippen molar-refractivity contribution in [3.8, 4) is 5.75 Å². The van der Waals surface area contributed by atoms with Crippen LogP contribution in [0, 0.1) is 13.8 Å². The minimum Gasteiger partial charge on any atom is -0.496 e. The van der Waals surface area contributed by atoms with E-state index in [1.807, 2.05) is 82.3 Å². The van der Waals surface area contributed by atoms with E-state index in [0.29, 0.717) is 22.3 Å². The van der Waals surface area contributed by atoms with Crippen LogP contribution in [-0.4, -0.2) is 50.9 Å². The Labute approximate surface area is 286 Å². The SMILES string of the molecule is CCC(C)NC(=O)C(Cc1ccccc1)N(Cc1ccccc1C)C(=O)CN(c1ccc(C)cc1)S(=O)(=O)c1ccc(OC)c(Br)c1. The lowest BCUT2D eigenvalue weighted by atomic mass is 10.0. The standard InChI is InChI=1S/C37H42BrN3O5S/c1-6-28(4)39-37(43)34(22-29-13-8-7-9-14-29)40(24-30-15-11-10-12-27(30)3)36(42)25-41(31-18-16-26(2)17-19-31)47(44,45)32-20-21-35(46-5)33(38)23-32/h7-21,23,28,34H,6,22,24-25H2,1-5H3,(H,39,43). The third kappa shape index (κ3) is 9.02. The molecule has 47 heavy (non-hydrogen) atoms. The quantitative estimate of drug-likeness (QED) is 0.154. The molecule has 4 aromatic rings. The van der Waals surface area contributed by atoms with E-state index in [2.05, 4.69) is 21.2 Å². The fourth-order valence-corrected chi connectivity index (χ4v) is 7.27. The van der Waals surface area contributed by atoms with Crippen LogP contribution in [-0.2, 0) is 32.6 Å². The van der Waals surface area contributed by atoms with Gasteiger partial charge in [0.2, 0.25) is 11.8 Å². The number of methoxy groups -OCH3 is 1. The van der Waals surface area contributed by atoms with Gasteiger partial charge in [0.15, 0.2) is 0 Å². The molecule has 0 spiro atoms. The molecule has 0 aliphatic carbocycles. The number of sulfonamides is 1. The third-order valence-electron chi connectivity index (χ3n) is 8.19. The van der Waals surface area contributed by atoms with Crippen LogP contribution in [0.3, 0.4) is 0 Å². The van der Waals surface area contributed by atoms with Gasteiger partial charge in [-0.2, -0.15) is 0 Å². The normalized spacial score (nSPS) is 12.6. The number of carbonyl (C=O) groups is 2. The zero-order chi connectivity index (χ0) is 34.1. The molecule has 0 heterocycles. The topological polar surface area (TPSA) is 96.0 Å². The fraction of sp³-hybridized carbons (Fsp3) is 0.297. The van der Waals surface area contributed by atoms with Gasteiger partial charge in [-0.15, -0.1) is 0 Å². The molecule has 0 saturated carbocycles. The summed E-state index contributed by atoms with van der Waals surface area (Å²) in [6, 6.07) is 27.6. The summed E-state index contributed by atoms with van der Waals surface area (Å²) in [6.07, 6.45) is 0.968. The van der Waals surface area contributed by atoms with Crippen LogP contribution in [0.1, 0.15) is 42.5 Å². The van der Waals surface area contributed by atoms with E-state index in [0.717, 1.165) is 26.6 Å². The second-order valence-electron chi connectivity index (χ2n) is 11.6. The van der Waals surface area contributed by atoms with Crippen molar-refractivity contribution in [3.63, 3.8) is 0 Å². The second kappa shape index (κ2) is 16.1. The van der Waals surface area contributed by atoms with Crippen molar-refractivity contribution in [1.82, 2.24) is 10.2 Å². The summed E-state index contributed by atoms with van der Waals surface area (Å²) < 4.78 is 35.6. The highest BCUT2D eigenvalue weighted by Gasteiger charge is 2.35. The molecule has 2 amide bonds. The minimum absolute atomic E-state index is 0.0145. The zero-order valence-electron chi connectivity index (χ0n) is 27.4. The molecule has 0 radical (unpaired) electrons. The van der Waals surface area contributed by atoms with Gasteiger partial charge in [0.05, 0.1) is 22.2 Å². The smallest absolute Gasteiger partial charge is 0.264 e. The van der Waals surface area contributed by atoms with Gasteiger partial charge in [0.1, 0.15) is 18.3 Å². The van der Waals surface area contributed by atoms with Gasteiger partial charge in [0, 0.05) is 19.0 Å². The van der Waals surface area contributed by atoms with Crippen LogP contribution < -0.4 is 14.4 Å². The van der Waals surface area contributed by atoms with Crippen molar-refractivity contribution in [1.29, 1.82) is 0 Å². The summed E-state index contributed by atoms with van der Waals surface area (Å²) in [5.74, 6) is -0.332. The van der Waals surface area contributed by atoms with E-state index in [1.54, 1.807) is 30.3 Å². The van der Waals surface area contributed by atoms with Crippen LogP contribution in [0.25, 0.3) is 0 Å². The molecule has 0 saturated heterocycles. The Hall–Kier alpha value is -4.15. The molecule has 0 bridgehead atoms. The first kappa shape index (κ1) is 35.7. The number of anilines is 1. The second-order valence-corrected chi connectivity index (χ2v) is 14.3. The number of ether oxygens (including phenoxy) is 1. The van der Waals surface area contributed by atoms with Crippen molar-refractivity contribution in [2.24, 2.45) is 0 Å². The number of carbonyl (C=O) groups excluding carboxylic acids is 2. The lowest BCUT2D eigenvalue weighted by Gasteiger charge is -2.34. The van der Waals surface area contributed by atoms with Crippen molar-refractivity contribution in [3.05, 3.63) is 124 Å². The number of rotatable bonds is 14. The Morgan fingerprint density at radius 1 is 0.915 bits per heavy atom. The lowest BCUT2D eigenvalue weighted by Crippen LogP contribution is -2.54. The highest BCUT2D eigenvalue weighted by Crippen LogP contribution is 2.31. The molecule has 0 fully saturated rings. The number of hydrogen-bond acceptors (Lipinski definition) is 5. The molecule has 10 heteroatoms. The molecule has 0 aliphatic heterocycles. The molecular weight excluding hydrogens is 678 g/mol. The summed E-state index contributed by atoms with van der Waals surface area (Å²) in [7, 11) is -2.75. The summed E-state index contributed by atoms with van der Waals surface area (Å²) in [5, 5.41) is 3.07. The molecule has 1 N–H and O–H groups in total. The summed E-state index contributed by atoms with van der Waals surface area (Å²) >= 11 is 3.40. The van der Waals surface area contributed by atoms with E-state index in [-0.39, 0.29) is 29.8 Å². The van der Waals surface area contributed by atoms with Crippen molar-refractivity contribution in [2.75, 3.05) is 18.0 Å². The van der Waals surface area contributed by atoms with Gasteiger partial charge in [-0.05, 0) is 90.1 Å². The van der Waals surface area contributed by atoms with E-state index in [9.17, 15) is 18.0 Å². The highest BCUT2D eigenvalue weighted by atomic mass is 79.9. The predicted molar refractivity (Wildman–Crippen MR) is 190 cm³/mol. The van der Waals surface area contributed by atoms with Crippen LogP contribution in [0.5, 0.6) is 5.75 Å². The molecule has 248 valence electrons. The van der Waals surface area contributed by atoms with Crippen LogP contribution in [0.15, 0.2) is 106 Å². The van der Waals surface area contributed by atoms with Gasteiger partial charge in [-0.3, -0.25) is 13.9 Å². The number of nitrogens with one attached hydrogen (secondary N) is 1. The number of amides is 2. The van der Waals surface area contributed by atoms with Crippen molar-refractivity contribution in [2.45, 2.75) is 64.1 Å². The average molecular weight is 721 g/mol. The Morgan fingerprint density at radius 2 is 1.57 bits per heavy atom.